The van der Waals surface area contributed by atoms with E-state index in [1.165, 1.54) is 12.1 Å². The predicted octanol–water partition coefficient (Wildman–Crippen LogP) is 0.689. The van der Waals surface area contributed by atoms with Crippen molar-refractivity contribution in [2.45, 2.75) is 0 Å². The Morgan fingerprint density at radius 1 is 1.41 bits per heavy atom. The molecule has 1 aromatic carbocycles. The first-order chi connectivity index (χ1) is 8.06. The molecule has 0 unspecified atom stereocenters. The highest BCUT2D eigenvalue weighted by atomic mass is 16.4. The number of carboxylic acids is 1. The number of nitrogens with zero attached hydrogens (tertiary/aromatic N) is 1. The van der Waals surface area contributed by atoms with E-state index in [9.17, 15) is 9.59 Å². The maximum atomic E-state index is 10.9. The molecule has 0 spiro atoms. The van der Waals surface area contributed by atoms with Gasteiger partial charge in [-0.3, -0.25) is 4.79 Å². The van der Waals surface area contributed by atoms with Gasteiger partial charge in [-0.15, -0.1) is 0 Å². The molecular formula is C11H9N3O3. The van der Waals surface area contributed by atoms with Crippen molar-refractivity contribution < 1.29 is 14.7 Å². The summed E-state index contributed by atoms with van der Waals surface area (Å²) in [5, 5.41) is 20.0. The number of anilines is 1. The number of hydrogen-bond acceptors (Lipinski definition) is 4. The summed E-state index contributed by atoms with van der Waals surface area (Å²) in [5.41, 5.74) is 4.94. The van der Waals surface area contributed by atoms with Crippen LogP contribution in [0.4, 0.5) is 5.69 Å². The molecule has 86 valence electrons. The van der Waals surface area contributed by atoms with Gasteiger partial charge in [-0.1, -0.05) is 12.1 Å². The fourth-order valence-corrected chi connectivity index (χ4v) is 1.10. The molecule has 0 aliphatic rings. The van der Waals surface area contributed by atoms with Gasteiger partial charge in [-0.05, 0) is 12.1 Å². The van der Waals surface area contributed by atoms with Gasteiger partial charge in [0.2, 0.25) is 0 Å². The van der Waals surface area contributed by atoms with Crippen LogP contribution >= 0.6 is 0 Å². The van der Waals surface area contributed by atoms with E-state index < -0.39 is 11.9 Å². The van der Waals surface area contributed by atoms with Crippen LogP contribution < -0.4 is 11.1 Å². The average molecular weight is 231 g/mol. The third kappa shape index (κ3) is 3.07. The maximum Gasteiger partial charge on any atom is 0.337 e. The van der Waals surface area contributed by atoms with Crippen molar-refractivity contribution >= 4 is 17.6 Å². The van der Waals surface area contributed by atoms with Crippen LogP contribution in [0, 0.1) is 11.3 Å². The van der Waals surface area contributed by atoms with Crippen molar-refractivity contribution in [3.63, 3.8) is 0 Å². The van der Waals surface area contributed by atoms with Gasteiger partial charge in [-0.25, -0.2) is 4.79 Å². The number of nitriles is 1. The fraction of sp³-hybridized carbons (Fsp3) is 0. The lowest BCUT2D eigenvalue weighted by Gasteiger charge is -2.04. The zero-order chi connectivity index (χ0) is 12.8. The van der Waals surface area contributed by atoms with E-state index in [1.807, 2.05) is 0 Å². The molecule has 0 aliphatic heterocycles. The molecule has 0 saturated carbocycles. The number of primary amides is 1. The van der Waals surface area contributed by atoms with Gasteiger partial charge in [0, 0.05) is 6.20 Å². The molecule has 0 fully saturated rings. The van der Waals surface area contributed by atoms with E-state index in [4.69, 9.17) is 16.1 Å². The molecule has 0 aromatic heterocycles. The minimum Gasteiger partial charge on any atom is -0.478 e. The van der Waals surface area contributed by atoms with E-state index in [2.05, 4.69) is 5.32 Å². The highest BCUT2D eigenvalue weighted by molar-refractivity contribution is 5.97. The van der Waals surface area contributed by atoms with Gasteiger partial charge in [0.15, 0.2) is 0 Å². The molecule has 4 N–H and O–H groups in total. The lowest BCUT2D eigenvalue weighted by Crippen LogP contribution is -2.14. The summed E-state index contributed by atoms with van der Waals surface area (Å²) in [7, 11) is 0. The summed E-state index contributed by atoms with van der Waals surface area (Å²) >= 11 is 0. The number of aromatic carboxylic acids is 1. The van der Waals surface area contributed by atoms with E-state index in [-0.39, 0.29) is 16.8 Å². The highest BCUT2D eigenvalue weighted by Crippen LogP contribution is 2.15. The quantitative estimate of drug-likeness (QED) is 0.520. The van der Waals surface area contributed by atoms with Crippen LogP contribution in [0.15, 0.2) is 36.0 Å². The molecule has 17 heavy (non-hydrogen) atoms. The van der Waals surface area contributed by atoms with Crippen LogP contribution in [0.25, 0.3) is 0 Å². The topological polar surface area (TPSA) is 116 Å². The first kappa shape index (κ1) is 12.3. The van der Waals surface area contributed by atoms with E-state index in [0.717, 1.165) is 6.20 Å². The Labute approximate surface area is 97.0 Å². The standard InChI is InChI=1S/C11H9N3O3/c12-5-7(10(13)15)6-14-9-4-2-1-3-8(9)11(16)17/h1-4,6,14H,(H2,13,15)(H,16,17). The van der Waals surface area contributed by atoms with Crippen molar-refractivity contribution in [3.8, 4) is 6.07 Å². The number of benzene rings is 1. The number of nitrogens with two attached hydrogens (primary N) is 1. The van der Waals surface area contributed by atoms with Gasteiger partial charge < -0.3 is 16.2 Å². The molecule has 0 saturated heterocycles. The highest BCUT2D eigenvalue weighted by Gasteiger charge is 2.08. The average Bonchev–Trinajstić information content (AvgIpc) is 2.29. The molecule has 0 atom stereocenters. The SMILES string of the molecule is N#CC(=CNc1ccccc1C(=O)O)C(N)=O. The van der Waals surface area contributed by atoms with Crippen molar-refractivity contribution in [1.82, 2.24) is 0 Å². The molecule has 0 aliphatic carbocycles. The molecule has 1 amide bonds. The summed E-state index contributed by atoms with van der Waals surface area (Å²) in [5.74, 6) is -1.99. The van der Waals surface area contributed by atoms with E-state index >= 15 is 0 Å². The summed E-state index contributed by atoms with van der Waals surface area (Å²) in [6.07, 6.45) is 1.07. The zero-order valence-corrected chi connectivity index (χ0v) is 8.68. The van der Waals surface area contributed by atoms with Crippen LogP contribution in [0.3, 0.4) is 0 Å². The largest absolute Gasteiger partial charge is 0.478 e. The number of carbonyl (C=O) groups is 2. The molecule has 0 radical (unpaired) electrons. The Morgan fingerprint density at radius 2 is 2.06 bits per heavy atom. The van der Waals surface area contributed by atoms with Crippen molar-refractivity contribution in [2.24, 2.45) is 5.73 Å². The fourth-order valence-electron chi connectivity index (χ4n) is 1.10. The smallest absolute Gasteiger partial charge is 0.337 e. The van der Waals surface area contributed by atoms with Crippen LogP contribution in [-0.2, 0) is 4.79 Å². The molecule has 1 aromatic rings. The van der Waals surface area contributed by atoms with Gasteiger partial charge in [0.25, 0.3) is 5.91 Å². The third-order valence-corrected chi connectivity index (χ3v) is 1.92. The molecular weight excluding hydrogens is 222 g/mol. The number of carboxylic acid groups (broad SMARTS) is 1. The van der Waals surface area contributed by atoms with Gasteiger partial charge in [0.1, 0.15) is 11.6 Å². The number of carbonyl (C=O) groups excluding carboxylic acids is 1. The monoisotopic (exact) mass is 231 g/mol. The zero-order valence-electron chi connectivity index (χ0n) is 8.68. The number of amides is 1. The Morgan fingerprint density at radius 3 is 2.59 bits per heavy atom. The number of para-hydroxylation sites is 1. The maximum absolute atomic E-state index is 10.9. The first-order valence-corrected chi connectivity index (χ1v) is 4.55. The molecule has 1 rings (SSSR count). The molecule has 6 nitrogen and oxygen atoms in total. The Balaban J connectivity index is 3.01. The molecule has 0 heterocycles. The van der Waals surface area contributed by atoms with Crippen molar-refractivity contribution in [1.29, 1.82) is 5.26 Å². The Kier molecular flexibility index (Phi) is 3.84. The molecule has 6 heteroatoms. The lowest BCUT2D eigenvalue weighted by molar-refractivity contribution is -0.114. The normalized spacial score (nSPS) is 10.4. The van der Waals surface area contributed by atoms with Crippen LogP contribution in [0.5, 0.6) is 0 Å². The van der Waals surface area contributed by atoms with E-state index in [1.54, 1.807) is 18.2 Å². The minimum absolute atomic E-state index is 0.0329. The van der Waals surface area contributed by atoms with Crippen LogP contribution in [-0.4, -0.2) is 17.0 Å². The second-order valence-corrected chi connectivity index (χ2v) is 3.03. The summed E-state index contributed by atoms with van der Waals surface area (Å²) in [6.45, 7) is 0. The van der Waals surface area contributed by atoms with Gasteiger partial charge in [0.05, 0.1) is 11.3 Å². The lowest BCUT2D eigenvalue weighted by atomic mass is 10.2. The number of rotatable bonds is 4. The summed E-state index contributed by atoms with van der Waals surface area (Å²) in [6, 6.07) is 7.70. The van der Waals surface area contributed by atoms with Gasteiger partial charge in [-0.2, -0.15) is 5.26 Å². The number of hydrogen-bond donors (Lipinski definition) is 3. The molecule has 0 bridgehead atoms. The summed E-state index contributed by atoms with van der Waals surface area (Å²) in [4.78, 5) is 21.6. The summed E-state index contributed by atoms with van der Waals surface area (Å²) < 4.78 is 0. The Hall–Kier alpha value is -2.81. The van der Waals surface area contributed by atoms with Crippen LogP contribution in [0.1, 0.15) is 10.4 Å². The number of nitrogens with one attached hydrogen (secondary N) is 1. The minimum atomic E-state index is -1.11. The third-order valence-electron chi connectivity index (χ3n) is 1.92. The predicted molar refractivity (Wildman–Crippen MR) is 59.9 cm³/mol. The second kappa shape index (κ2) is 5.32. The van der Waals surface area contributed by atoms with Crippen molar-refractivity contribution in [3.05, 3.63) is 41.6 Å². The Bertz CT molecular complexity index is 529. The second-order valence-electron chi connectivity index (χ2n) is 3.03. The first-order valence-electron chi connectivity index (χ1n) is 4.55. The van der Waals surface area contributed by atoms with Crippen LogP contribution in [0.2, 0.25) is 0 Å². The van der Waals surface area contributed by atoms with E-state index in [0.29, 0.717) is 0 Å². The van der Waals surface area contributed by atoms with Crippen molar-refractivity contribution in [2.75, 3.05) is 5.32 Å². The van der Waals surface area contributed by atoms with Gasteiger partial charge >= 0.3 is 5.97 Å².